The lowest BCUT2D eigenvalue weighted by atomic mass is 9.99. The average molecular weight is 276 g/mol. The van der Waals surface area contributed by atoms with Gasteiger partial charge in [0.25, 0.3) is 0 Å². The van der Waals surface area contributed by atoms with Crippen molar-refractivity contribution in [2.75, 3.05) is 14.2 Å². The van der Waals surface area contributed by atoms with Crippen molar-refractivity contribution in [1.82, 2.24) is 4.98 Å². The molecular formula is C15H17FN2O2. The molecule has 0 saturated carbocycles. The molecule has 1 aromatic heterocycles. The molecule has 106 valence electrons. The molecule has 2 aromatic rings. The first-order chi connectivity index (χ1) is 9.63. The third-order valence-electron chi connectivity index (χ3n) is 3.05. The molecule has 0 spiro atoms. The van der Waals surface area contributed by atoms with Crippen molar-refractivity contribution in [2.45, 2.75) is 12.5 Å². The second kappa shape index (κ2) is 6.34. The summed E-state index contributed by atoms with van der Waals surface area (Å²) in [4.78, 5) is 4.12. The summed E-state index contributed by atoms with van der Waals surface area (Å²) in [7, 11) is 3.10. The van der Waals surface area contributed by atoms with Crippen LogP contribution in [0.3, 0.4) is 0 Å². The Hall–Kier alpha value is -2.14. The van der Waals surface area contributed by atoms with E-state index in [1.807, 2.05) is 6.07 Å². The number of nitrogens with zero attached hydrogens (tertiary/aromatic N) is 1. The number of benzene rings is 1. The van der Waals surface area contributed by atoms with E-state index in [-0.39, 0.29) is 11.9 Å². The van der Waals surface area contributed by atoms with Gasteiger partial charge >= 0.3 is 0 Å². The van der Waals surface area contributed by atoms with Crippen LogP contribution in [0.5, 0.6) is 11.6 Å². The molecule has 0 saturated heterocycles. The average Bonchev–Trinajstić information content (AvgIpc) is 2.48. The Kier molecular flexibility index (Phi) is 4.53. The summed E-state index contributed by atoms with van der Waals surface area (Å²) in [5.74, 6) is 0.801. The Morgan fingerprint density at radius 1 is 1.20 bits per heavy atom. The van der Waals surface area contributed by atoms with Crippen molar-refractivity contribution < 1.29 is 13.9 Å². The maximum atomic E-state index is 13.3. The SMILES string of the molecule is COc1ccc(CC(N)c2cc(F)ccc2OC)cn1. The molecule has 0 aliphatic heterocycles. The number of hydrogen-bond acceptors (Lipinski definition) is 4. The van der Waals surface area contributed by atoms with Crippen molar-refractivity contribution in [3.05, 3.63) is 53.5 Å². The largest absolute Gasteiger partial charge is 0.496 e. The van der Waals surface area contributed by atoms with Crippen LogP contribution in [0, 0.1) is 5.82 Å². The Morgan fingerprint density at radius 2 is 2.00 bits per heavy atom. The predicted molar refractivity (Wildman–Crippen MR) is 74.4 cm³/mol. The molecule has 0 aliphatic carbocycles. The Balaban J connectivity index is 2.18. The summed E-state index contributed by atoms with van der Waals surface area (Å²) in [5, 5.41) is 0. The van der Waals surface area contributed by atoms with E-state index in [0.29, 0.717) is 23.6 Å². The van der Waals surface area contributed by atoms with Crippen molar-refractivity contribution >= 4 is 0 Å². The second-order valence-electron chi connectivity index (χ2n) is 4.41. The minimum absolute atomic E-state index is 0.330. The standard InChI is InChI=1S/C15H17FN2O2/c1-19-14-5-4-11(16)8-12(14)13(17)7-10-3-6-15(20-2)18-9-10/h3-6,8-9,13H,7,17H2,1-2H3. The van der Waals surface area contributed by atoms with Crippen LogP contribution in [0.2, 0.25) is 0 Å². The number of halogens is 1. The summed E-state index contributed by atoms with van der Waals surface area (Å²) < 4.78 is 23.6. The fraction of sp³-hybridized carbons (Fsp3) is 0.267. The van der Waals surface area contributed by atoms with Crippen LogP contribution in [-0.4, -0.2) is 19.2 Å². The van der Waals surface area contributed by atoms with Crippen LogP contribution in [0.15, 0.2) is 36.5 Å². The number of aromatic nitrogens is 1. The fourth-order valence-corrected chi connectivity index (χ4v) is 2.01. The zero-order valence-electron chi connectivity index (χ0n) is 11.5. The third-order valence-corrected chi connectivity index (χ3v) is 3.05. The van der Waals surface area contributed by atoms with Gasteiger partial charge in [0.15, 0.2) is 0 Å². The summed E-state index contributed by atoms with van der Waals surface area (Å²) in [6.45, 7) is 0. The van der Waals surface area contributed by atoms with Gasteiger partial charge < -0.3 is 15.2 Å². The maximum Gasteiger partial charge on any atom is 0.212 e. The maximum absolute atomic E-state index is 13.3. The van der Waals surface area contributed by atoms with Gasteiger partial charge in [-0.1, -0.05) is 6.07 Å². The number of pyridine rings is 1. The van der Waals surface area contributed by atoms with Gasteiger partial charge in [-0.15, -0.1) is 0 Å². The molecule has 1 unspecified atom stereocenters. The first-order valence-corrected chi connectivity index (χ1v) is 6.22. The lowest BCUT2D eigenvalue weighted by Crippen LogP contribution is -2.15. The zero-order chi connectivity index (χ0) is 14.5. The number of methoxy groups -OCH3 is 2. The molecule has 0 fully saturated rings. The molecule has 0 bridgehead atoms. The summed E-state index contributed by atoms with van der Waals surface area (Å²) in [6.07, 6.45) is 2.24. The molecule has 1 heterocycles. The fourth-order valence-electron chi connectivity index (χ4n) is 2.01. The molecule has 5 heteroatoms. The van der Waals surface area contributed by atoms with Gasteiger partial charge in [-0.2, -0.15) is 0 Å². The van der Waals surface area contributed by atoms with E-state index in [1.54, 1.807) is 32.5 Å². The van der Waals surface area contributed by atoms with E-state index in [0.717, 1.165) is 5.56 Å². The highest BCUT2D eigenvalue weighted by Crippen LogP contribution is 2.27. The number of nitrogens with two attached hydrogens (primary N) is 1. The highest BCUT2D eigenvalue weighted by molar-refractivity contribution is 5.37. The first-order valence-electron chi connectivity index (χ1n) is 6.22. The predicted octanol–water partition coefficient (Wildman–Crippen LogP) is 2.48. The van der Waals surface area contributed by atoms with Crippen molar-refractivity contribution in [1.29, 1.82) is 0 Å². The normalized spacial score (nSPS) is 12.0. The van der Waals surface area contributed by atoms with E-state index < -0.39 is 0 Å². The van der Waals surface area contributed by atoms with Gasteiger partial charge in [-0.25, -0.2) is 9.37 Å². The third kappa shape index (κ3) is 3.24. The molecule has 0 radical (unpaired) electrons. The molecule has 4 nitrogen and oxygen atoms in total. The first kappa shape index (κ1) is 14.3. The van der Waals surface area contributed by atoms with Gasteiger partial charge in [0.1, 0.15) is 11.6 Å². The lowest BCUT2D eigenvalue weighted by Gasteiger charge is -2.16. The van der Waals surface area contributed by atoms with Gasteiger partial charge in [0, 0.05) is 23.9 Å². The van der Waals surface area contributed by atoms with Crippen LogP contribution in [0.25, 0.3) is 0 Å². The molecule has 1 atom stereocenters. The number of ether oxygens (including phenoxy) is 2. The van der Waals surface area contributed by atoms with Gasteiger partial charge in [-0.05, 0) is 30.2 Å². The van der Waals surface area contributed by atoms with Crippen LogP contribution >= 0.6 is 0 Å². The highest BCUT2D eigenvalue weighted by atomic mass is 19.1. The van der Waals surface area contributed by atoms with Gasteiger partial charge in [0.2, 0.25) is 5.88 Å². The van der Waals surface area contributed by atoms with Crippen LogP contribution < -0.4 is 15.2 Å². The summed E-state index contributed by atoms with van der Waals surface area (Å²) in [5.41, 5.74) is 7.73. The smallest absolute Gasteiger partial charge is 0.212 e. The Bertz CT molecular complexity index is 573. The van der Waals surface area contributed by atoms with E-state index >= 15 is 0 Å². The van der Waals surface area contributed by atoms with Crippen molar-refractivity contribution in [2.24, 2.45) is 5.73 Å². The van der Waals surface area contributed by atoms with Crippen LogP contribution in [0.1, 0.15) is 17.2 Å². The molecule has 20 heavy (non-hydrogen) atoms. The minimum atomic E-state index is -0.365. The van der Waals surface area contributed by atoms with Crippen LogP contribution in [-0.2, 0) is 6.42 Å². The van der Waals surface area contributed by atoms with E-state index in [1.165, 1.54) is 12.1 Å². The lowest BCUT2D eigenvalue weighted by molar-refractivity contribution is 0.397. The van der Waals surface area contributed by atoms with Crippen LogP contribution in [0.4, 0.5) is 4.39 Å². The van der Waals surface area contributed by atoms with E-state index in [4.69, 9.17) is 15.2 Å². The van der Waals surface area contributed by atoms with E-state index in [9.17, 15) is 4.39 Å². The second-order valence-corrected chi connectivity index (χ2v) is 4.41. The zero-order valence-corrected chi connectivity index (χ0v) is 11.5. The van der Waals surface area contributed by atoms with Gasteiger partial charge in [-0.3, -0.25) is 0 Å². The highest BCUT2D eigenvalue weighted by Gasteiger charge is 2.14. The topological polar surface area (TPSA) is 57.4 Å². The molecular weight excluding hydrogens is 259 g/mol. The van der Waals surface area contributed by atoms with Crippen molar-refractivity contribution in [3.63, 3.8) is 0 Å². The Labute approximate surface area is 117 Å². The monoisotopic (exact) mass is 276 g/mol. The molecule has 2 rings (SSSR count). The molecule has 0 amide bonds. The van der Waals surface area contributed by atoms with Crippen molar-refractivity contribution in [3.8, 4) is 11.6 Å². The molecule has 2 N–H and O–H groups in total. The molecule has 1 aromatic carbocycles. The van der Waals surface area contributed by atoms with E-state index in [2.05, 4.69) is 4.98 Å². The number of rotatable bonds is 5. The minimum Gasteiger partial charge on any atom is -0.496 e. The molecule has 0 aliphatic rings. The quantitative estimate of drug-likeness (QED) is 0.911. The Morgan fingerprint density at radius 3 is 2.60 bits per heavy atom. The van der Waals surface area contributed by atoms with Gasteiger partial charge in [0.05, 0.1) is 14.2 Å². The summed E-state index contributed by atoms with van der Waals surface area (Å²) in [6, 6.07) is 7.62. The number of hydrogen-bond donors (Lipinski definition) is 1. The summed E-state index contributed by atoms with van der Waals surface area (Å²) >= 11 is 0.